The number of hydrogen-bond acceptors (Lipinski definition) is 2. The maximum Gasteiger partial charge on any atom is 0.220 e. The fourth-order valence-corrected chi connectivity index (χ4v) is 1.86. The van der Waals surface area contributed by atoms with Crippen LogP contribution in [-0.4, -0.2) is 19.0 Å². The topological polar surface area (TPSA) is 55.1 Å². The Morgan fingerprint density at radius 1 is 1.21 bits per heavy atom. The van der Waals surface area contributed by atoms with Gasteiger partial charge in [-0.05, 0) is 35.9 Å². The van der Waals surface area contributed by atoms with Crippen LogP contribution < -0.4 is 11.1 Å². The van der Waals surface area contributed by atoms with Gasteiger partial charge in [0.2, 0.25) is 5.91 Å². The van der Waals surface area contributed by atoms with Crippen molar-refractivity contribution < 1.29 is 4.79 Å². The highest BCUT2D eigenvalue weighted by Crippen LogP contribution is 2.17. The van der Waals surface area contributed by atoms with E-state index in [1.807, 2.05) is 13.8 Å². The normalized spacial score (nSPS) is 11.4. The third-order valence-corrected chi connectivity index (χ3v) is 3.36. The van der Waals surface area contributed by atoms with Crippen LogP contribution in [-0.2, 0) is 17.6 Å². The molecule has 1 aromatic carbocycles. The van der Waals surface area contributed by atoms with E-state index in [9.17, 15) is 4.79 Å². The van der Waals surface area contributed by atoms with Gasteiger partial charge in [-0.3, -0.25) is 4.79 Å². The lowest BCUT2D eigenvalue weighted by Crippen LogP contribution is -2.33. The van der Waals surface area contributed by atoms with Gasteiger partial charge in [-0.2, -0.15) is 0 Å². The Morgan fingerprint density at radius 3 is 2.32 bits per heavy atom. The van der Waals surface area contributed by atoms with Crippen LogP contribution in [0.25, 0.3) is 0 Å². The molecular weight excluding hydrogens is 236 g/mol. The van der Waals surface area contributed by atoms with Crippen molar-refractivity contribution >= 4 is 5.91 Å². The van der Waals surface area contributed by atoms with Crippen LogP contribution in [0.15, 0.2) is 24.3 Å². The van der Waals surface area contributed by atoms with E-state index in [1.165, 1.54) is 11.1 Å². The van der Waals surface area contributed by atoms with Crippen molar-refractivity contribution in [2.24, 2.45) is 11.1 Å². The second-order valence-electron chi connectivity index (χ2n) is 5.82. The zero-order valence-electron chi connectivity index (χ0n) is 12.3. The van der Waals surface area contributed by atoms with E-state index in [-0.39, 0.29) is 11.3 Å². The van der Waals surface area contributed by atoms with Crippen molar-refractivity contribution in [3.05, 3.63) is 35.4 Å². The summed E-state index contributed by atoms with van der Waals surface area (Å²) < 4.78 is 0. The first-order valence-corrected chi connectivity index (χ1v) is 7.01. The van der Waals surface area contributed by atoms with Crippen molar-refractivity contribution in [3.8, 4) is 0 Å². The summed E-state index contributed by atoms with van der Waals surface area (Å²) >= 11 is 0. The highest BCUT2D eigenvalue weighted by Gasteiger charge is 2.19. The minimum absolute atomic E-state index is 0.0839. The summed E-state index contributed by atoms with van der Waals surface area (Å²) in [7, 11) is 0. The van der Waals surface area contributed by atoms with Crippen LogP contribution in [0.4, 0.5) is 0 Å². The quantitative estimate of drug-likeness (QED) is 0.792. The second-order valence-corrected chi connectivity index (χ2v) is 5.82. The Kier molecular flexibility index (Phi) is 6.03. The molecule has 1 rings (SSSR count). The number of rotatable bonds is 7. The Morgan fingerprint density at radius 2 is 1.79 bits per heavy atom. The van der Waals surface area contributed by atoms with Gasteiger partial charge < -0.3 is 11.1 Å². The lowest BCUT2D eigenvalue weighted by Gasteiger charge is -2.21. The number of benzene rings is 1. The van der Waals surface area contributed by atoms with E-state index in [0.29, 0.717) is 19.5 Å². The van der Waals surface area contributed by atoms with E-state index < -0.39 is 0 Å². The van der Waals surface area contributed by atoms with Crippen molar-refractivity contribution in [1.82, 2.24) is 5.32 Å². The molecule has 0 aliphatic heterocycles. The highest BCUT2D eigenvalue weighted by atomic mass is 16.1. The summed E-state index contributed by atoms with van der Waals surface area (Å²) in [5.74, 6) is 0.0839. The Labute approximate surface area is 116 Å². The van der Waals surface area contributed by atoms with Crippen LogP contribution in [0, 0.1) is 5.41 Å². The molecule has 0 spiro atoms. The average Bonchev–Trinajstić information content (AvgIpc) is 2.39. The summed E-state index contributed by atoms with van der Waals surface area (Å²) in [6, 6.07) is 8.56. The zero-order valence-corrected chi connectivity index (χ0v) is 12.3. The molecule has 106 valence electrons. The number of amides is 1. The number of aryl methyl sites for hydroxylation is 1. The van der Waals surface area contributed by atoms with Gasteiger partial charge in [0.15, 0.2) is 0 Å². The summed E-state index contributed by atoms with van der Waals surface area (Å²) in [4.78, 5) is 11.7. The summed E-state index contributed by atoms with van der Waals surface area (Å²) in [5.41, 5.74) is 8.11. The molecule has 1 aromatic rings. The molecule has 0 aromatic heterocycles. The fraction of sp³-hybridized carbons (Fsp3) is 0.562. The maximum atomic E-state index is 11.7. The van der Waals surface area contributed by atoms with E-state index in [0.717, 1.165) is 12.8 Å². The summed E-state index contributed by atoms with van der Waals surface area (Å²) in [6.07, 6.45) is 2.42. The molecule has 0 saturated carbocycles. The SMILES string of the molecule is CCc1ccc(CCNC(=O)CC(C)(C)CN)cc1. The molecule has 19 heavy (non-hydrogen) atoms. The van der Waals surface area contributed by atoms with E-state index in [1.54, 1.807) is 0 Å². The van der Waals surface area contributed by atoms with Crippen LogP contribution in [0.3, 0.4) is 0 Å². The van der Waals surface area contributed by atoms with Gasteiger partial charge in [-0.15, -0.1) is 0 Å². The molecule has 0 fully saturated rings. The molecule has 0 saturated heterocycles. The molecule has 0 atom stereocenters. The van der Waals surface area contributed by atoms with Crippen molar-refractivity contribution in [2.45, 2.75) is 40.0 Å². The Balaban J connectivity index is 2.31. The minimum Gasteiger partial charge on any atom is -0.356 e. The molecule has 0 radical (unpaired) electrons. The van der Waals surface area contributed by atoms with Gasteiger partial charge >= 0.3 is 0 Å². The smallest absolute Gasteiger partial charge is 0.220 e. The first kappa shape index (κ1) is 15.7. The molecular formula is C16H26N2O. The first-order chi connectivity index (χ1) is 8.96. The first-order valence-electron chi connectivity index (χ1n) is 7.01. The Bertz CT molecular complexity index is 396. The second kappa shape index (κ2) is 7.29. The monoisotopic (exact) mass is 262 g/mol. The number of hydrogen-bond donors (Lipinski definition) is 2. The summed E-state index contributed by atoms with van der Waals surface area (Å²) in [6.45, 7) is 7.38. The summed E-state index contributed by atoms with van der Waals surface area (Å²) in [5, 5.41) is 2.96. The molecule has 1 amide bonds. The zero-order chi connectivity index (χ0) is 14.3. The predicted molar refractivity (Wildman–Crippen MR) is 80.0 cm³/mol. The van der Waals surface area contributed by atoms with Crippen LogP contribution in [0.1, 0.15) is 38.3 Å². The van der Waals surface area contributed by atoms with Crippen molar-refractivity contribution in [3.63, 3.8) is 0 Å². The molecule has 3 nitrogen and oxygen atoms in total. The maximum absolute atomic E-state index is 11.7. The number of nitrogens with one attached hydrogen (secondary N) is 1. The molecule has 0 aliphatic rings. The molecule has 3 N–H and O–H groups in total. The van der Waals surface area contributed by atoms with Gasteiger partial charge in [0, 0.05) is 13.0 Å². The molecule has 0 aliphatic carbocycles. The van der Waals surface area contributed by atoms with E-state index >= 15 is 0 Å². The van der Waals surface area contributed by atoms with E-state index in [4.69, 9.17) is 5.73 Å². The molecule has 0 bridgehead atoms. The van der Waals surface area contributed by atoms with Gasteiger partial charge in [0.1, 0.15) is 0 Å². The minimum atomic E-state index is -0.118. The van der Waals surface area contributed by atoms with Crippen LogP contribution in [0.5, 0.6) is 0 Å². The van der Waals surface area contributed by atoms with Gasteiger partial charge in [0.05, 0.1) is 0 Å². The largest absolute Gasteiger partial charge is 0.356 e. The fourth-order valence-electron chi connectivity index (χ4n) is 1.86. The average molecular weight is 262 g/mol. The third kappa shape index (κ3) is 5.88. The van der Waals surface area contributed by atoms with Crippen LogP contribution in [0.2, 0.25) is 0 Å². The lowest BCUT2D eigenvalue weighted by atomic mass is 9.89. The van der Waals surface area contributed by atoms with E-state index in [2.05, 4.69) is 36.5 Å². The van der Waals surface area contributed by atoms with Gasteiger partial charge in [-0.25, -0.2) is 0 Å². The molecule has 0 unspecified atom stereocenters. The number of carbonyl (C=O) groups excluding carboxylic acids is 1. The van der Waals surface area contributed by atoms with Crippen LogP contribution >= 0.6 is 0 Å². The van der Waals surface area contributed by atoms with Crippen molar-refractivity contribution in [1.29, 1.82) is 0 Å². The number of carbonyl (C=O) groups is 1. The highest BCUT2D eigenvalue weighted by molar-refractivity contribution is 5.76. The van der Waals surface area contributed by atoms with Gasteiger partial charge in [0.25, 0.3) is 0 Å². The number of nitrogens with two attached hydrogens (primary N) is 1. The predicted octanol–water partition coefficient (Wildman–Crippen LogP) is 2.28. The molecule has 3 heteroatoms. The standard InChI is InChI=1S/C16H26N2O/c1-4-13-5-7-14(8-6-13)9-10-18-15(19)11-16(2,3)12-17/h5-8H,4,9-12,17H2,1-3H3,(H,18,19). The van der Waals surface area contributed by atoms with Crippen molar-refractivity contribution in [2.75, 3.05) is 13.1 Å². The lowest BCUT2D eigenvalue weighted by molar-refractivity contribution is -0.122. The molecule has 0 heterocycles. The Hall–Kier alpha value is -1.35. The van der Waals surface area contributed by atoms with Gasteiger partial charge in [-0.1, -0.05) is 45.0 Å². The third-order valence-electron chi connectivity index (χ3n) is 3.36.